The third kappa shape index (κ3) is 2.16. The monoisotopic (exact) mass is 233 g/mol. The second-order valence-electron chi connectivity index (χ2n) is 2.47. The first-order valence-electron chi connectivity index (χ1n) is 3.52. The minimum Gasteiger partial charge on any atom is -0.363 e. The molecule has 4 nitrogen and oxygen atoms in total. The largest absolute Gasteiger partial charge is 0.363 e. The minimum absolute atomic E-state index is 0. The van der Waals surface area contributed by atoms with Gasteiger partial charge in [-0.05, 0) is 12.1 Å². The van der Waals surface area contributed by atoms with Crippen LogP contribution in [0.25, 0.3) is 11.0 Å². The van der Waals surface area contributed by atoms with Crippen molar-refractivity contribution in [3.8, 4) is 0 Å². The van der Waals surface area contributed by atoms with Crippen molar-refractivity contribution in [2.75, 3.05) is 0 Å². The average Bonchev–Trinajstić information content (AvgIpc) is 2.46. The second-order valence-corrected chi connectivity index (χ2v) is 2.47. The quantitative estimate of drug-likeness (QED) is 0.784. The van der Waals surface area contributed by atoms with E-state index in [0.717, 1.165) is 11.0 Å². The number of para-hydroxylation sites is 2. The van der Waals surface area contributed by atoms with Gasteiger partial charge >= 0.3 is 0 Å². The zero-order chi connectivity index (χ0) is 8.55. The maximum Gasteiger partial charge on any atom is 0.284 e. The summed E-state index contributed by atoms with van der Waals surface area (Å²) in [6.45, 7) is 0. The standard InChI is InChI=1S/C8H7N3O.2ClH/c9-7(12)8-10-5-3-1-2-4-6(5)11-8;;/h1-4H,(H2,9,12)(H,10,11);2*1H. The van der Waals surface area contributed by atoms with E-state index in [0.29, 0.717) is 0 Å². The van der Waals surface area contributed by atoms with Crippen molar-refractivity contribution in [3.05, 3.63) is 30.1 Å². The normalized spacial score (nSPS) is 8.86. The van der Waals surface area contributed by atoms with Crippen LogP contribution in [-0.2, 0) is 0 Å². The molecule has 0 saturated carbocycles. The number of hydrogen-bond acceptors (Lipinski definition) is 2. The van der Waals surface area contributed by atoms with Crippen molar-refractivity contribution in [2.24, 2.45) is 5.73 Å². The van der Waals surface area contributed by atoms with Gasteiger partial charge in [0.15, 0.2) is 5.82 Å². The molecule has 76 valence electrons. The molecule has 3 N–H and O–H groups in total. The number of halogens is 2. The van der Waals surface area contributed by atoms with E-state index in [1.165, 1.54) is 0 Å². The van der Waals surface area contributed by atoms with Gasteiger partial charge in [0.05, 0.1) is 11.0 Å². The first-order valence-corrected chi connectivity index (χ1v) is 3.52. The molecular weight excluding hydrogens is 225 g/mol. The summed E-state index contributed by atoms with van der Waals surface area (Å²) in [5.41, 5.74) is 6.63. The number of imidazole rings is 1. The number of rotatable bonds is 1. The molecule has 0 atom stereocenters. The topological polar surface area (TPSA) is 71.8 Å². The molecule has 0 unspecified atom stereocenters. The number of nitrogens with two attached hydrogens (primary N) is 1. The van der Waals surface area contributed by atoms with E-state index in [2.05, 4.69) is 9.97 Å². The fraction of sp³-hybridized carbons (Fsp3) is 0. The number of H-pyrrole nitrogens is 1. The summed E-state index contributed by atoms with van der Waals surface area (Å²) in [6.07, 6.45) is 0. The third-order valence-corrected chi connectivity index (χ3v) is 1.62. The van der Waals surface area contributed by atoms with E-state index in [1.54, 1.807) is 0 Å². The molecule has 1 amide bonds. The number of aromatic nitrogens is 2. The summed E-state index contributed by atoms with van der Waals surface area (Å²) in [6, 6.07) is 7.38. The predicted octanol–water partition coefficient (Wildman–Crippen LogP) is 1.51. The molecule has 0 bridgehead atoms. The van der Waals surface area contributed by atoms with Crippen molar-refractivity contribution in [1.82, 2.24) is 9.97 Å². The Morgan fingerprint density at radius 1 is 1.29 bits per heavy atom. The van der Waals surface area contributed by atoms with Crippen LogP contribution in [0.4, 0.5) is 0 Å². The lowest BCUT2D eigenvalue weighted by Crippen LogP contribution is -2.12. The Morgan fingerprint density at radius 3 is 2.50 bits per heavy atom. The molecular formula is C8H9Cl2N3O. The van der Waals surface area contributed by atoms with Crippen molar-refractivity contribution in [1.29, 1.82) is 0 Å². The fourth-order valence-corrected chi connectivity index (χ4v) is 1.07. The molecule has 6 heteroatoms. The van der Waals surface area contributed by atoms with Crippen molar-refractivity contribution < 1.29 is 4.79 Å². The molecule has 0 radical (unpaired) electrons. The van der Waals surface area contributed by atoms with Crippen LogP contribution in [0.15, 0.2) is 24.3 Å². The highest BCUT2D eigenvalue weighted by Gasteiger charge is 2.05. The van der Waals surface area contributed by atoms with Gasteiger partial charge in [0.2, 0.25) is 0 Å². The number of benzene rings is 1. The Balaban J connectivity index is 0.000000845. The predicted molar refractivity (Wildman–Crippen MR) is 59.1 cm³/mol. The van der Waals surface area contributed by atoms with E-state index in [1.807, 2.05) is 24.3 Å². The van der Waals surface area contributed by atoms with Crippen molar-refractivity contribution in [3.63, 3.8) is 0 Å². The number of primary amides is 1. The summed E-state index contributed by atoms with van der Waals surface area (Å²) in [5, 5.41) is 0. The lowest BCUT2D eigenvalue weighted by Gasteiger charge is -1.82. The van der Waals surface area contributed by atoms with Crippen LogP contribution in [0.1, 0.15) is 10.6 Å². The minimum atomic E-state index is -0.536. The lowest BCUT2D eigenvalue weighted by molar-refractivity contribution is 0.0991. The zero-order valence-electron chi connectivity index (χ0n) is 7.06. The van der Waals surface area contributed by atoms with Crippen LogP contribution >= 0.6 is 24.8 Å². The maximum atomic E-state index is 10.7. The molecule has 1 aromatic carbocycles. The molecule has 2 aromatic rings. The van der Waals surface area contributed by atoms with Gasteiger partial charge < -0.3 is 10.7 Å². The van der Waals surface area contributed by atoms with E-state index in [4.69, 9.17) is 5.73 Å². The first kappa shape index (κ1) is 12.7. The first-order chi connectivity index (χ1) is 5.77. The van der Waals surface area contributed by atoms with E-state index < -0.39 is 5.91 Å². The van der Waals surface area contributed by atoms with Crippen LogP contribution in [0, 0.1) is 0 Å². The summed E-state index contributed by atoms with van der Waals surface area (Å²) < 4.78 is 0. The fourth-order valence-electron chi connectivity index (χ4n) is 1.07. The molecule has 0 aliphatic carbocycles. The zero-order valence-corrected chi connectivity index (χ0v) is 8.69. The van der Waals surface area contributed by atoms with Gasteiger partial charge in [-0.1, -0.05) is 12.1 Å². The number of amides is 1. The van der Waals surface area contributed by atoms with Crippen LogP contribution < -0.4 is 5.73 Å². The highest BCUT2D eigenvalue weighted by Crippen LogP contribution is 2.09. The highest BCUT2D eigenvalue weighted by atomic mass is 35.5. The van der Waals surface area contributed by atoms with Crippen LogP contribution in [-0.4, -0.2) is 15.9 Å². The Hall–Kier alpha value is -1.26. The Bertz CT molecular complexity index is 408. The van der Waals surface area contributed by atoms with Gasteiger partial charge in [-0.2, -0.15) is 0 Å². The molecule has 0 spiro atoms. The van der Waals surface area contributed by atoms with Gasteiger partial charge in [0.25, 0.3) is 5.91 Å². The van der Waals surface area contributed by atoms with Gasteiger partial charge in [-0.15, -0.1) is 24.8 Å². The van der Waals surface area contributed by atoms with Crippen molar-refractivity contribution in [2.45, 2.75) is 0 Å². The third-order valence-electron chi connectivity index (χ3n) is 1.62. The Kier molecular flexibility index (Phi) is 4.40. The number of fused-ring (bicyclic) bond motifs is 1. The smallest absolute Gasteiger partial charge is 0.284 e. The molecule has 2 rings (SSSR count). The average molecular weight is 234 g/mol. The van der Waals surface area contributed by atoms with Crippen LogP contribution in [0.2, 0.25) is 0 Å². The number of aromatic amines is 1. The Morgan fingerprint density at radius 2 is 1.93 bits per heavy atom. The van der Waals surface area contributed by atoms with Crippen LogP contribution in [0.5, 0.6) is 0 Å². The van der Waals surface area contributed by atoms with E-state index >= 15 is 0 Å². The number of carbonyl (C=O) groups is 1. The molecule has 14 heavy (non-hydrogen) atoms. The van der Waals surface area contributed by atoms with Gasteiger partial charge in [-0.25, -0.2) is 4.98 Å². The molecule has 0 aliphatic heterocycles. The summed E-state index contributed by atoms with van der Waals surface area (Å²) in [4.78, 5) is 17.5. The number of hydrogen-bond donors (Lipinski definition) is 2. The summed E-state index contributed by atoms with van der Waals surface area (Å²) in [5.74, 6) is -0.331. The van der Waals surface area contributed by atoms with Crippen LogP contribution in [0.3, 0.4) is 0 Å². The molecule has 0 saturated heterocycles. The summed E-state index contributed by atoms with van der Waals surface area (Å²) >= 11 is 0. The summed E-state index contributed by atoms with van der Waals surface area (Å²) in [7, 11) is 0. The van der Waals surface area contributed by atoms with Gasteiger partial charge in [-0.3, -0.25) is 4.79 Å². The molecule has 1 aromatic heterocycles. The number of nitrogens with zero attached hydrogens (tertiary/aromatic N) is 1. The van der Waals surface area contributed by atoms with E-state index in [-0.39, 0.29) is 30.6 Å². The molecule has 1 heterocycles. The lowest BCUT2D eigenvalue weighted by atomic mass is 10.3. The number of nitrogens with one attached hydrogen (secondary N) is 1. The van der Waals surface area contributed by atoms with E-state index in [9.17, 15) is 4.79 Å². The molecule has 0 fully saturated rings. The SMILES string of the molecule is Cl.Cl.NC(=O)c1nc2ccccc2[nH]1. The van der Waals surface area contributed by atoms with Crippen molar-refractivity contribution >= 4 is 41.8 Å². The highest BCUT2D eigenvalue weighted by molar-refractivity contribution is 5.92. The maximum absolute atomic E-state index is 10.7. The number of carbonyl (C=O) groups excluding carboxylic acids is 1. The molecule has 0 aliphatic rings. The van der Waals surface area contributed by atoms with Gasteiger partial charge in [0.1, 0.15) is 0 Å². The Labute approximate surface area is 92.7 Å². The van der Waals surface area contributed by atoms with Gasteiger partial charge in [0, 0.05) is 0 Å². The second kappa shape index (κ2) is 4.83.